The zero-order valence-electron chi connectivity index (χ0n) is 12.3. The fraction of sp³-hybridized carbons (Fsp3) is 0.188. The molecule has 0 aliphatic carbocycles. The second-order valence-electron chi connectivity index (χ2n) is 5.18. The molecule has 0 saturated carbocycles. The van der Waals surface area contributed by atoms with Gasteiger partial charge >= 0.3 is 0 Å². The number of hydrogen-bond donors (Lipinski definition) is 2. The Kier molecular flexibility index (Phi) is 5.93. The molecule has 0 bridgehead atoms. The Hall–Kier alpha value is -1.69. The van der Waals surface area contributed by atoms with Crippen LogP contribution in [0, 0.1) is 11.6 Å². The summed E-state index contributed by atoms with van der Waals surface area (Å²) in [5.41, 5.74) is 0.689. The summed E-state index contributed by atoms with van der Waals surface area (Å²) >= 11 is 11.8. The molecule has 0 aliphatic heterocycles. The van der Waals surface area contributed by atoms with E-state index in [-0.39, 0.29) is 24.0 Å². The van der Waals surface area contributed by atoms with Crippen molar-refractivity contribution in [2.24, 2.45) is 0 Å². The number of amides is 1. The van der Waals surface area contributed by atoms with Gasteiger partial charge < -0.3 is 10.2 Å². The molecular weight excluding hydrogens is 345 g/mol. The van der Waals surface area contributed by atoms with E-state index in [0.29, 0.717) is 16.3 Å². The summed E-state index contributed by atoms with van der Waals surface area (Å²) in [6.07, 6.45) is 0. The first kappa shape index (κ1) is 17.7. The second-order valence-corrected chi connectivity index (χ2v) is 6.00. The van der Waals surface area contributed by atoms with Gasteiger partial charge in [0.2, 0.25) is 0 Å². The normalized spacial score (nSPS) is 12.0. The molecule has 0 heterocycles. The predicted octanol–water partition coefficient (Wildman–Crippen LogP) is 2.93. The van der Waals surface area contributed by atoms with Crippen LogP contribution in [-0.4, -0.2) is 19.5 Å². The number of carbonyl (C=O) groups excluding carboxylic acids is 1. The van der Waals surface area contributed by atoms with Gasteiger partial charge in [0, 0.05) is 0 Å². The Morgan fingerprint density at radius 1 is 1.17 bits per heavy atom. The number of halogens is 4. The van der Waals surface area contributed by atoms with E-state index in [4.69, 9.17) is 23.2 Å². The molecule has 2 rings (SSSR count). The summed E-state index contributed by atoms with van der Waals surface area (Å²) in [6.45, 7) is 0.342. The summed E-state index contributed by atoms with van der Waals surface area (Å²) in [4.78, 5) is 12.8. The van der Waals surface area contributed by atoms with Gasteiger partial charge in [0.15, 0.2) is 6.54 Å². The van der Waals surface area contributed by atoms with Crippen LogP contribution in [0.4, 0.5) is 14.5 Å². The molecule has 0 aromatic heterocycles. The molecule has 2 aromatic rings. The van der Waals surface area contributed by atoms with Gasteiger partial charge in [0.1, 0.15) is 18.2 Å². The number of anilines is 1. The molecule has 0 fully saturated rings. The molecule has 1 unspecified atom stereocenters. The van der Waals surface area contributed by atoms with Gasteiger partial charge in [-0.05, 0) is 30.3 Å². The predicted molar refractivity (Wildman–Crippen MR) is 86.9 cm³/mol. The summed E-state index contributed by atoms with van der Waals surface area (Å²) < 4.78 is 26.7. The molecule has 0 saturated heterocycles. The third-order valence-electron chi connectivity index (χ3n) is 3.21. The molecule has 3 nitrogen and oxygen atoms in total. The van der Waals surface area contributed by atoms with Crippen molar-refractivity contribution in [2.45, 2.75) is 6.54 Å². The van der Waals surface area contributed by atoms with Crippen LogP contribution in [-0.2, 0) is 11.3 Å². The molecule has 2 aromatic carbocycles. The average molecular weight is 360 g/mol. The average Bonchev–Trinajstić information content (AvgIpc) is 2.46. The number of benzene rings is 2. The maximum atomic E-state index is 13.7. The minimum Gasteiger partial charge on any atom is -0.326 e. The van der Waals surface area contributed by atoms with Gasteiger partial charge in [-0.2, -0.15) is 0 Å². The van der Waals surface area contributed by atoms with Crippen molar-refractivity contribution in [3.05, 3.63) is 63.6 Å². The number of likely N-dealkylation sites (N-methyl/N-ethyl adjacent to an activating group) is 1. The fourth-order valence-electron chi connectivity index (χ4n) is 2.12. The lowest BCUT2D eigenvalue weighted by molar-refractivity contribution is -0.885. The maximum absolute atomic E-state index is 13.7. The summed E-state index contributed by atoms with van der Waals surface area (Å²) in [5, 5.41) is 3.04. The van der Waals surface area contributed by atoms with E-state index in [9.17, 15) is 13.6 Å². The van der Waals surface area contributed by atoms with Crippen LogP contribution < -0.4 is 10.2 Å². The van der Waals surface area contributed by atoms with E-state index >= 15 is 0 Å². The van der Waals surface area contributed by atoms with E-state index in [1.54, 1.807) is 13.1 Å². The molecule has 1 atom stereocenters. The van der Waals surface area contributed by atoms with Gasteiger partial charge in [-0.25, -0.2) is 8.78 Å². The van der Waals surface area contributed by atoms with Gasteiger partial charge in [-0.3, -0.25) is 4.79 Å². The molecule has 0 spiro atoms. The number of nitrogens with one attached hydrogen (secondary N) is 2. The van der Waals surface area contributed by atoms with E-state index in [1.165, 1.54) is 24.3 Å². The number of rotatable bonds is 5. The lowest BCUT2D eigenvalue weighted by atomic mass is 10.2. The maximum Gasteiger partial charge on any atom is 0.279 e. The first-order chi connectivity index (χ1) is 10.9. The lowest BCUT2D eigenvalue weighted by Gasteiger charge is -2.15. The highest BCUT2D eigenvalue weighted by atomic mass is 35.5. The molecule has 1 amide bonds. The van der Waals surface area contributed by atoms with Crippen LogP contribution in [0.1, 0.15) is 5.56 Å². The summed E-state index contributed by atoms with van der Waals surface area (Å²) in [7, 11) is 1.74. The van der Waals surface area contributed by atoms with Crippen molar-refractivity contribution in [3.63, 3.8) is 0 Å². The van der Waals surface area contributed by atoms with Gasteiger partial charge in [-0.15, -0.1) is 0 Å². The highest BCUT2D eigenvalue weighted by Gasteiger charge is 2.16. The third kappa shape index (κ3) is 4.89. The Labute approximate surface area is 142 Å². The quantitative estimate of drug-likeness (QED) is 0.845. The van der Waals surface area contributed by atoms with E-state index < -0.39 is 11.6 Å². The Morgan fingerprint density at radius 3 is 2.57 bits per heavy atom. The lowest BCUT2D eigenvalue weighted by Crippen LogP contribution is -3.08. The van der Waals surface area contributed by atoms with Crippen LogP contribution in [0.3, 0.4) is 0 Å². The molecule has 122 valence electrons. The first-order valence-electron chi connectivity index (χ1n) is 6.86. The number of carbonyl (C=O) groups is 1. The second kappa shape index (κ2) is 7.73. The smallest absolute Gasteiger partial charge is 0.279 e. The molecule has 23 heavy (non-hydrogen) atoms. The highest BCUT2D eigenvalue weighted by molar-refractivity contribution is 6.33. The SMILES string of the molecule is C[NH+](CC(=O)Nc1ccc(F)cc1Cl)Cc1c(F)cccc1Cl. The van der Waals surface area contributed by atoms with E-state index in [2.05, 4.69) is 5.32 Å². The van der Waals surface area contributed by atoms with Crippen molar-refractivity contribution in [1.82, 2.24) is 0 Å². The monoisotopic (exact) mass is 359 g/mol. The molecule has 7 heteroatoms. The summed E-state index contributed by atoms with van der Waals surface area (Å²) in [5.74, 6) is -1.20. The molecular formula is C16H15Cl2F2N2O+. The zero-order chi connectivity index (χ0) is 17.0. The van der Waals surface area contributed by atoms with Gasteiger partial charge in [0.05, 0.1) is 28.3 Å². The van der Waals surface area contributed by atoms with Crippen LogP contribution >= 0.6 is 23.2 Å². The molecule has 2 N–H and O–H groups in total. The van der Waals surface area contributed by atoms with Gasteiger partial charge in [0.25, 0.3) is 5.91 Å². The number of quaternary nitrogens is 1. The molecule has 0 aliphatic rings. The molecule has 0 radical (unpaired) electrons. The largest absolute Gasteiger partial charge is 0.326 e. The first-order valence-corrected chi connectivity index (χ1v) is 7.61. The minimum atomic E-state index is -0.482. The zero-order valence-corrected chi connectivity index (χ0v) is 13.8. The van der Waals surface area contributed by atoms with Crippen molar-refractivity contribution in [2.75, 3.05) is 18.9 Å². The van der Waals surface area contributed by atoms with Crippen LogP contribution in [0.5, 0.6) is 0 Å². The van der Waals surface area contributed by atoms with Gasteiger partial charge in [-0.1, -0.05) is 29.3 Å². The fourth-order valence-corrected chi connectivity index (χ4v) is 2.57. The van der Waals surface area contributed by atoms with Crippen molar-refractivity contribution < 1.29 is 18.5 Å². The van der Waals surface area contributed by atoms with Crippen molar-refractivity contribution in [3.8, 4) is 0 Å². The van der Waals surface area contributed by atoms with Crippen molar-refractivity contribution >= 4 is 34.8 Å². The van der Waals surface area contributed by atoms with E-state index in [0.717, 1.165) is 11.0 Å². The van der Waals surface area contributed by atoms with E-state index in [1.807, 2.05) is 0 Å². The topological polar surface area (TPSA) is 33.5 Å². The summed E-state index contributed by atoms with van der Waals surface area (Å²) in [6, 6.07) is 8.17. The Bertz CT molecular complexity index is 705. The third-order valence-corrected chi connectivity index (χ3v) is 3.87. The van der Waals surface area contributed by atoms with Crippen LogP contribution in [0.2, 0.25) is 10.0 Å². The van der Waals surface area contributed by atoms with Crippen LogP contribution in [0.25, 0.3) is 0 Å². The Morgan fingerprint density at radius 2 is 1.91 bits per heavy atom. The van der Waals surface area contributed by atoms with Crippen LogP contribution in [0.15, 0.2) is 36.4 Å². The van der Waals surface area contributed by atoms with Crippen molar-refractivity contribution in [1.29, 1.82) is 0 Å². The standard InChI is InChI=1S/C16H14Cl2F2N2O/c1-22(8-11-12(17)3-2-4-14(11)20)9-16(23)21-15-6-5-10(19)7-13(15)18/h2-7H,8-9H2,1H3,(H,21,23)/p+1. The highest BCUT2D eigenvalue weighted by Crippen LogP contribution is 2.22. The Balaban J connectivity index is 1.97. The number of hydrogen-bond acceptors (Lipinski definition) is 1. The minimum absolute atomic E-state index is 0.0817.